The quantitative estimate of drug-likeness (QED) is 0.775. The lowest BCUT2D eigenvalue weighted by molar-refractivity contribution is -0.119. The topological polar surface area (TPSA) is 93.4 Å². The van der Waals surface area contributed by atoms with Gasteiger partial charge in [-0.15, -0.1) is 0 Å². The van der Waals surface area contributed by atoms with Crippen molar-refractivity contribution >= 4 is 17.5 Å². The summed E-state index contributed by atoms with van der Waals surface area (Å²) < 4.78 is 5.20. The van der Waals surface area contributed by atoms with Crippen molar-refractivity contribution in [3.8, 4) is 5.75 Å². The second-order valence-corrected chi connectivity index (χ2v) is 5.40. The molecular formula is C15H21N3O3. The number of hydrogen-bond donors (Lipinski definition) is 3. The molecule has 0 bridgehead atoms. The number of hydrogen-bond acceptors (Lipinski definition) is 4. The monoisotopic (exact) mass is 291 g/mol. The van der Waals surface area contributed by atoms with E-state index in [1.807, 2.05) is 0 Å². The number of primary amides is 1. The van der Waals surface area contributed by atoms with E-state index in [1.165, 1.54) is 13.2 Å². The Morgan fingerprint density at radius 2 is 2.19 bits per heavy atom. The van der Waals surface area contributed by atoms with Gasteiger partial charge in [0.05, 0.1) is 18.8 Å². The number of amides is 2. The predicted octanol–water partition coefficient (Wildman–Crippen LogP) is 1.12. The number of rotatable bonds is 4. The molecule has 1 aliphatic rings. The van der Waals surface area contributed by atoms with Gasteiger partial charge in [-0.05, 0) is 43.5 Å². The third-order valence-corrected chi connectivity index (χ3v) is 3.72. The smallest absolute Gasteiger partial charge is 0.248 e. The van der Waals surface area contributed by atoms with Crippen molar-refractivity contribution < 1.29 is 14.3 Å². The van der Waals surface area contributed by atoms with Crippen LogP contribution in [0.25, 0.3) is 0 Å². The lowest BCUT2D eigenvalue weighted by atomic mass is 9.94. The van der Waals surface area contributed by atoms with Crippen LogP contribution in [0.15, 0.2) is 18.2 Å². The average Bonchev–Trinajstić information content (AvgIpc) is 2.47. The second kappa shape index (κ2) is 6.58. The number of carbonyl (C=O) groups is 2. The SMILES string of the molecule is COc1ccc(C(N)=O)cc1NC(=O)C1CC(C)CCN1. The van der Waals surface area contributed by atoms with Crippen LogP contribution in [-0.4, -0.2) is 31.5 Å². The molecule has 0 aromatic heterocycles. The third kappa shape index (κ3) is 3.72. The first kappa shape index (κ1) is 15.3. The summed E-state index contributed by atoms with van der Waals surface area (Å²) in [5.41, 5.74) is 6.05. The molecule has 1 aliphatic heterocycles. The Hall–Kier alpha value is -2.08. The van der Waals surface area contributed by atoms with E-state index >= 15 is 0 Å². The average molecular weight is 291 g/mol. The molecule has 1 heterocycles. The van der Waals surface area contributed by atoms with Gasteiger partial charge in [0.2, 0.25) is 11.8 Å². The van der Waals surface area contributed by atoms with Crippen LogP contribution in [0.5, 0.6) is 5.75 Å². The Morgan fingerprint density at radius 1 is 1.43 bits per heavy atom. The highest BCUT2D eigenvalue weighted by atomic mass is 16.5. The van der Waals surface area contributed by atoms with Crippen molar-refractivity contribution in [1.82, 2.24) is 5.32 Å². The number of carbonyl (C=O) groups excluding carboxylic acids is 2. The minimum atomic E-state index is -0.544. The molecule has 2 atom stereocenters. The van der Waals surface area contributed by atoms with Gasteiger partial charge >= 0.3 is 0 Å². The van der Waals surface area contributed by atoms with Crippen LogP contribution in [0.4, 0.5) is 5.69 Å². The van der Waals surface area contributed by atoms with Crippen molar-refractivity contribution in [2.24, 2.45) is 11.7 Å². The molecule has 2 rings (SSSR count). The van der Waals surface area contributed by atoms with E-state index in [9.17, 15) is 9.59 Å². The van der Waals surface area contributed by atoms with E-state index in [0.29, 0.717) is 22.9 Å². The molecule has 6 nitrogen and oxygen atoms in total. The van der Waals surface area contributed by atoms with Gasteiger partial charge in [0.25, 0.3) is 0 Å². The van der Waals surface area contributed by atoms with E-state index < -0.39 is 5.91 Å². The summed E-state index contributed by atoms with van der Waals surface area (Å²) in [4.78, 5) is 23.6. The number of anilines is 1. The Kier molecular flexibility index (Phi) is 4.80. The predicted molar refractivity (Wildman–Crippen MR) is 80.3 cm³/mol. The largest absolute Gasteiger partial charge is 0.495 e. The molecule has 0 radical (unpaired) electrons. The van der Waals surface area contributed by atoms with Crippen LogP contribution in [0.2, 0.25) is 0 Å². The number of nitrogens with two attached hydrogens (primary N) is 1. The summed E-state index contributed by atoms with van der Waals surface area (Å²) in [6, 6.07) is 4.49. The van der Waals surface area contributed by atoms with Gasteiger partial charge in [0.15, 0.2) is 0 Å². The zero-order valence-corrected chi connectivity index (χ0v) is 12.3. The fourth-order valence-corrected chi connectivity index (χ4v) is 2.49. The van der Waals surface area contributed by atoms with Crippen molar-refractivity contribution in [1.29, 1.82) is 0 Å². The van der Waals surface area contributed by atoms with Crippen LogP contribution in [-0.2, 0) is 4.79 Å². The molecule has 1 saturated heterocycles. The van der Waals surface area contributed by atoms with E-state index in [4.69, 9.17) is 10.5 Å². The van der Waals surface area contributed by atoms with Crippen LogP contribution in [0.1, 0.15) is 30.1 Å². The lowest BCUT2D eigenvalue weighted by Gasteiger charge is -2.27. The molecule has 1 aromatic rings. The molecule has 21 heavy (non-hydrogen) atoms. The number of benzene rings is 1. The first-order chi connectivity index (χ1) is 10.0. The lowest BCUT2D eigenvalue weighted by Crippen LogP contribution is -2.45. The summed E-state index contributed by atoms with van der Waals surface area (Å²) in [5.74, 6) is 0.345. The highest BCUT2D eigenvalue weighted by Crippen LogP contribution is 2.26. The highest BCUT2D eigenvalue weighted by Gasteiger charge is 2.25. The van der Waals surface area contributed by atoms with E-state index in [2.05, 4.69) is 17.6 Å². The fraction of sp³-hybridized carbons (Fsp3) is 0.467. The molecule has 0 aliphatic carbocycles. The van der Waals surface area contributed by atoms with Crippen LogP contribution in [0.3, 0.4) is 0 Å². The van der Waals surface area contributed by atoms with Gasteiger partial charge in [0, 0.05) is 5.56 Å². The van der Waals surface area contributed by atoms with Crippen molar-refractivity contribution in [3.05, 3.63) is 23.8 Å². The van der Waals surface area contributed by atoms with Gasteiger partial charge in [-0.1, -0.05) is 6.92 Å². The fourth-order valence-electron chi connectivity index (χ4n) is 2.49. The van der Waals surface area contributed by atoms with Crippen molar-refractivity contribution in [3.63, 3.8) is 0 Å². The Morgan fingerprint density at radius 3 is 2.81 bits per heavy atom. The van der Waals surface area contributed by atoms with Gasteiger partial charge in [0.1, 0.15) is 5.75 Å². The molecule has 4 N–H and O–H groups in total. The first-order valence-electron chi connectivity index (χ1n) is 7.03. The van der Waals surface area contributed by atoms with Gasteiger partial charge in [-0.2, -0.15) is 0 Å². The number of ether oxygens (including phenoxy) is 1. The summed E-state index contributed by atoms with van der Waals surface area (Å²) in [7, 11) is 1.51. The zero-order valence-electron chi connectivity index (χ0n) is 12.3. The molecular weight excluding hydrogens is 270 g/mol. The maximum atomic E-state index is 12.3. The molecule has 1 fully saturated rings. The third-order valence-electron chi connectivity index (χ3n) is 3.72. The summed E-state index contributed by atoms with van der Waals surface area (Å²) in [6.07, 6.45) is 1.87. The van der Waals surface area contributed by atoms with Gasteiger partial charge < -0.3 is 21.1 Å². The van der Waals surface area contributed by atoms with Crippen molar-refractivity contribution in [2.45, 2.75) is 25.8 Å². The summed E-state index contributed by atoms with van der Waals surface area (Å²) >= 11 is 0. The Labute approximate surface area is 124 Å². The zero-order chi connectivity index (χ0) is 15.4. The highest BCUT2D eigenvalue weighted by molar-refractivity contribution is 5.99. The first-order valence-corrected chi connectivity index (χ1v) is 7.03. The second-order valence-electron chi connectivity index (χ2n) is 5.40. The molecule has 6 heteroatoms. The number of nitrogens with one attached hydrogen (secondary N) is 2. The van der Waals surface area contributed by atoms with Crippen molar-refractivity contribution in [2.75, 3.05) is 19.0 Å². The van der Waals surface area contributed by atoms with Gasteiger partial charge in [-0.25, -0.2) is 0 Å². The molecule has 1 aromatic carbocycles. The summed E-state index contributed by atoms with van der Waals surface area (Å²) in [6.45, 7) is 2.97. The van der Waals surface area contributed by atoms with E-state index in [-0.39, 0.29) is 11.9 Å². The molecule has 2 unspecified atom stereocenters. The van der Waals surface area contributed by atoms with Crippen LogP contribution < -0.4 is 21.1 Å². The molecule has 114 valence electrons. The molecule has 2 amide bonds. The number of piperidine rings is 1. The maximum absolute atomic E-state index is 12.3. The van der Waals surface area contributed by atoms with Crippen LogP contribution >= 0.6 is 0 Å². The molecule has 0 saturated carbocycles. The standard InChI is InChI=1S/C15H21N3O3/c1-9-5-6-17-12(7-9)15(20)18-11-8-10(14(16)19)3-4-13(11)21-2/h3-4,8-9,12,17H,5-7H2,1-2H3,(H2,16,19)(H,18,20). The normalized spacial score (nSPS) is 21.6. The summed E-state index contributed by atoms with van der Waals surface area (Å²) in [5, 5.41) is 6.01. The minimum Gasteiger partial charge on any atom is -0.495 e. The Balaban J connectivity index is 2.15. The molecule has 0 spiro atoms. The van der Waals surface area contributed by atoms with E-state index in [1.54, 1.807) is 12.1 Å². The Bertz CT molecular complexity index is 545. The van der Waals surface area contributed by atoms with Gasteiger partial charge in [-0.3, -0.25) is 9.59 Å². The minimum absolute atomic E-state index is 0.124. The number of methoxy groups -OCH3 is 1. The van der Waals surface area contributed by atoms with E-state index in [0.717, 1.165) is 19.4 Å². The van der Waals surface area contributed by atoms with Crippen LogP contribution in [0, 0.1) is 5.92 Å². The maximum Gasteiger partial charge on any atom is 0.248 e.